The second-order valence-corrected chi connectivity index (χ2v) is 4.49. The van der Waals surface area contributed by atoms with Gasteiger partial charge in [0, 0.05) is 6.20 Å². The van der Waals surface area contributed by atoms with Crippen molar-refractivity contribution in [3.05, 3.63) is 60.2 Å². The zero-order valence-corrected chi connectivity index (χ0v) is 11.7. The number of nitrogens with one attached hydrogen (secondary N) is 1. The highest BCUT2D eigenvalue weighted by Gasteiger charge is 2.20. The van der Waals surface area contributed by atoms with Gasteiger partial charge in [-0.1, -0.05) is 30.3 Å². The molecule has 1 aromatic heterocycles. The Morgan fingerprint density at radius 1 is 1.23 bits per heavy atom. The molecule has 0 radical (unpaired) electrons. The summed E-state index contributed by atoms with van der Waals surface area (Å²) in [5.74, 6) is -1.05. The van der Waals surface area contributed by atoms with Gasteiger partial charge in [0.2, 0.25) is 0 Å². The molecule has 0 aliphatic carbocycles. The van der Waals surface area contributed by atoms with Crippen LogP contribution in [0.4, 0.5) is 4.79 Å². The monoisotopic (exact) mass is 301 g/mol. The van der Waals surface area contributed by atoms with E-state index in [0.29, 0.717) is 5.69 Å². The largest absolute Gasteiger partial charge is 0.481 e. The van der Waals surface area contributed by atoms with E-state index < -0.39 is 18.1 Å². The van der Waals surface area contributed by atoms with Gasteiger partial charge in [0.1, 0.15) is 12.9 Å². The van der Waals surface area contributed by atoms with Gasteiger partial charge < -0.3 is 15.2 Å². The molecule has 1 aromatic carbocycles. The highest BCUT2D eigenvalue weighted by atomic mass is 16.5. The van der Waals surface area contributed by atoms with E-state index in [1.807, 2.05) is 30.3 Å². The molecule has 2 aromatic rings. The van der Waals surface area contributed by atoms with Gasteiger partial charge in [0.05, 0.1) is 18.2 Å². The molecular formula is C15H15N3O4. The minimum Gasteiger partial charge on any atom is -0.481 e. The van der Waals surface area contributed by atoms with Gasteiger partial charge in [-0.3, -0.25) is 4.79 Å². The third-order valence-electron chi connectivity index (χ3n) is 2.85. The fraction of sp³-hybridized carbons (Fsp3) is 0.200. The second-order valence-electron chi connectivity index (χ2n) is 4.49. The van der Waals surface area contributed by atoms with Crippen molar-refractivity contribution in [1.82, 2.24) is 15.3 Å². The highest BCUT2D eigenvalue weighted by molar-refractivity contribution is 5.71. The van der Waals surface area contributed by atoms with E-state index in [9.17, 15) is 9.59 Å². The van der Waals surface area contributed by atoms with Crippen molar-refractivity contribution in [2.24, 2.45) is 0 Å². The third-order valence-corrected chi connectivity index (χ3v) is 2.85. The summed E-state index contributed by atoms with van der Waals surface area (Å²) >= 11 is 0. The molecule has 0 saturated heterocycles. The van der Waals surface area contributed by atoms with Gasteiger partial charge in [-0.25, -0.2) is 14.8 Å². The van der Waals surface area contributed by atoms with Crippen molar-refractivity contribution in [2.75, 3.05) is 0 Å². The first-order valence-corrected chi connectivity index (χ1v) is 6.60. The minimum atomic E-state index is -1.05. The van der Waals surface area contributed by atoms with Crippen LogP contribution in [-0.4, -0.2) is 27.1 Å². The van der Waals surface area contributed by atoms with E-state index in [1.165, 1.54) is 12.5 Å². The SMILES string of the molecule is O=C(O)C[C@@H](NC(=O)OCc1ccccc1)c1ccncn1. The van der Waals surface area contributed by atoms with Gasteiger partial charge in [0.25, 0.3) is 0 Å². The molecule has 1 atom stereocenters. The number of hydrogen-bond acceptors (Lipinski definition) is 5. The van der Waals surface area contributed by atoms with E-state index in [4.69, 9.17) is 9.84 Å². The van der Waals surface area contributed by atoms with E-state index in [-0.39, 0.29) is 13.0 Å². The van der Waals surface area contributed by atoms with Crippen LogP contribution in [0.1, 0.15) is 23.7 Å². The number of amides is 1. The zero-order chi connectivity index (χ0) is 15.8. The molecule has 0 aliphatic rings. The van der Waals surface area contributed by atoms with Crippen LogP contribution in [0, 0.1) is 0 Å². The summed E-state index contributed by atoms with van der Waals surface area (Å²) < 4.78 is 5.08. The lowest BCUT2D eigenvalue weighted by atomic mass is 10.1. The second kappa shape index (κ2) is 7.72. The number of carbonyl (C=O) groups excluding carboxylic acids is 1. The van der Waals surface area contributed by atoms with E-state index in [2.05, 4.69) is 15.3 Å². The lowest BCUT2D eigenvalue weighted by Crippen LogP contribution is -2.31. The fourth-order valence-corrected chi connectivity index (χ4v) is 1.82. The number of aromatic nitrogens is 2. The Kier molecular flexibility index (Phi) is 5.42. The molecule has 114 valence electrons. The Bertz CT molecular complexity index is 619. The van der Waals surface area contributed by atoms with Crippen LogP contribution in [0.2, 0.25) is 0 Å². The predicted molar refractivity (Wildman–Crippen MR) is 76.8 cm³/mol. The number of ether oxygens (including phenoxy) is 1. The average molecular weight is 301 g/mol. The number of aliphatic carboxylic acids is 1. The standard InChI is InChI=1S/C15H15N3O4/c19-14(20)8-13(12-6-7-16-10-17-12)18-15(21)22-9-11-4-2-1-3-5-11/h1-7,10,13H,8-9H2,(H,18,21)(H,19,20)/t13-/m1/s1. The van der Waals surface area contributed by atoms with Crippen LogP contribution in [-0.2, 0) is 16.1 Å². The molecule has 1 heterocycles. The third kappa shape index (κ3) is 4.86. The summed E-state index contributed by atoms with van der Waals surface area (Å²) in [7, 11) is 0. The summed E-state index contributed by atoms with van der Waals surface area (Å²) in [6, 6.07) is 9.96. The highest BCUT2D eigenvalue weighted by Crippen LogP contribution is 2.14. The Hall–Kier alpha value is -2.96. The van der Waals surface area contributed by atoms with Crippen molar-refractivity contribution in [1.29, 1.82) is 0 Å². The van der Waals surface area contributed by atoms with Gasteiger partial charge in [-0.2, -0.15) is 0 Å². The quantitative estimate of drug-likeness (QED) is 0.845. The predicted octanol–water partition coefficient (Wildman–Crippen LogP) is 1.92. The van der Waals surface area contributed by atoms with Crippen LogP contribution in [0.15, 0.2) is 48.9 Å². The van der Waals surface area contributed by atoms with Crippen LogP contribution < -0.4 is 5.32 Å². The number of alkyl carbamates (subject to hydrolysis) is 1. The molecule has 2 N–H and O–H groups in total. The Balaban J connectivity index is 1.95. The minimum absolute atomic E-state index is 0.107. The van der Waals surface area contributed by atoms with E-state index in [1.54, 1.807) is 6.07 Å². The normalized spacial score (nSPS) is 11.5. The van der Waals surface area contributed by atoms with E-state index in [0.717, 1.165) is 5.56 Å². The lowest BCUT2D eigenvalue weighted by Gasteiger charge is -2.16. The first-order chi connectivity index (χ1) is 10.6. The number of carbonyl (C=O) groups is 2. The summed E-state index contributed by atoms with van der Waals surface area (Å²) in [4.78, 5) is 30.4. The van der Waals surface area contributed by atoms with Crippen LogP contribution in [0.5, 0.6) is 0 Å². The van der Waals surface area contributed by atoms with Crippen LogP contribution >= 0.6 is 0 Å². The Morgan fingerprint density at radius 3 is 2.64 bits per heavy atom. The van der Waals surface area contributed by atoms with Crippen molar-refractivity contribution in [3.8, 4) is 0 Å². The molecular weight excluding hydrogens is 286 g/mol. The first kappa shape index (κ1) is 15.4. The van der Waals surface area contributed by atoms with Gasteiger partial charge in [0.15, 0.2) is 0 Å². The van der Waals surface area contributed by atoms with Gasteiger partial charge >= 0.3 is 12.1 Å². The van der Waals surface area contributed by atoms with Gasteiger partial charge in [-0.15, -0.1) is 0 Å². The summed E-state index contributed by atoms with van der Waals surface area (Å²) in [6.45, 7) is 0.107. The van der Waals surface area contributed by atoms with Crippen molar-refractivity contribution < 1.29 is 19.4 Å². The molecule has 1 amide bonds. The average Bonchev–Trinajstić information content (AvgIpc) is 2.54. The smallest absolute Gasteiger partial charge is 0.408 e. The molecule has 7 nitrogen and oxygen atoms in total. The van der Waals surface area contributed by atoms with Crippen molar-refractivity contribution >= 4 is 12.1 Å². The summed E-state index contributed by atoms with van der Waals surface area (Å²) in [6.07, 6.45) is 1.78. The molecule has 0 aliphatic heterocycles. The van der Waals surface area contributed by atoms with Crippen LogP contribution in [0.3, 0.4) is 0 Å². The topological polar surface area (TPSA) is 101 Å². The number of carboxylic acid groups (broad SMARTS) is 1. The number of rotatable bonds is 6. The Labute approximate surface area is 127 Å². The number of benzene rings is 1. The molecule has 0 unspecified atom stereocenters. The maximum Gasteiger partial charge on any atom is 0.408 e. The van der Waals surface area contributed by atoms with Crippen LogP contribution in [0.25, 0.3) is 0 Å². The number of carboxylic acids is 1. The summed E-state index contributed by atoms with van der Waals surface area (Å²) in [5, 5.41) is 11.4. The zero-order valence-electron chi connectivity index (χ0n) is 11.7. The first-order valence-electron chi connectivity index (χ1n) is 6.60. The molecule has 0 bridgehead atoms. The molecule has 0 fully saturated rings. The lowest BCUT2D eigenvalue weighted by molar-refractivity contribution is -0.137. The molecule has 2 rings (SSSR count). The molecule has 22 heavy (non-hydrogen) atoms. The maximum absolute atomic E-state index is 11.8. The molecule has 0 spiro atoms. The van der Waals surface area contributed by atoms with Crippen molar-refractivity contribution in [2.45, 2.75) is 19.1 Å². The Morgan fingerprint density at radius 2 is 2.00 bits per heavy atom. The molecule has 0 saturated carbocycles. The van der Waals surface area contributed by atoms with Gasteiger partial charge in [-0.05, 0) is 11.6 Å². The number of hydrogen-bond donors (Lipinski definition) is 2. The van der Waals surface area contributed by atoms with Crippen molar-refractivity contribution in [3.63, 3.8) is 0 Å². The maximum atomic E-state index is 11.8. The van der Waals surface area contributed by atoms with E-state index >= 15 is 0 Å². The fourth-order valence-electron chi connectivity index (χ4n) is 1.82. The number of nitrogens with zero attached hydrogens (tertiary/aromatic N) is 2. The summed E-state index contributed by atoms with van der Waals surface area (Å²) in [5.41, 5.74) is 1.25. The molecule has 7 heteroatoms.